The zero-order chi connectivity index (χ0) is 8.69. The predicted molar refractivity (Wildman–Crippen MR) is 43.3 cm³/mol. The molecule has 1 unspecified atom stereocenters. The van der Waals surface area contributed by atoms with Crippen molar-refractivity contribution in [1.29, 1.82) is 0 Å². The first-order chi connectivity index (χ1) is 5.28. The van der Waals surface area contributed by atoms with Crippen LogP contribution >= 0.6 is 0 Å². The molecule has 0 aliphatic carbocycles. The minimum absolute atomic E-state index is 0.202. The van der Waals surface area contributed by atoms with E-state index >= 15 is 0 Å². The summed E-state index contributed by atoms with van der Waals surface area (Å²) in [4.78, 5) is 0. The Hall–Kier alpha value is 0.0569. The van der Waals surface area contributed by atoms with Crippen LogP contribution in [0, 0.1) is 0 Å². The third-order valence-electron chi connectivity index (χ3n) is 1.24. The van der Waals surface area contributed by atoms with Crippen molar-refractivity contribution in [3.05, 3.63) is 0 Å². The lowest BCUT2D eigenvalue weighted by Gasteiger charge is -2.18. The Kier molecular flexibility index (Phi) is 6.78. The number of methoxy groups -OCH3 is 1. The smallest absolute Gasteiger partial charge is 0.379 e. The molecule has 0 N–H and O–H groups in total. The average molecular weight is 180 g/mol. The van der Waals surface area contributed by atoms with Gasteiger partial charge in [-0.1, -0.05) is 6.92 Å². The Labute approximate surface area is 69.4 Å². The second-order valence-corrected chi connectivity index (χ2v) is 3.76. The molecule has 0 aromatic heterocycles. The Balaban J connectivity index is 3.58. The van der Waals surface area contributed by atoms with Crippen molar-refractivity contribution in [2.24, 2.45) is 0 Å². The molecule has 0 saturated carbocycles. The summed E-state index contributed by atoms with van der Waals surface area (Å²) in [6.07, 6.45) is 0.596. The van der Waals surface area contributed by atoms with Crippen molar-refractivity contribution in [2.75, 3.05) is 21.3 Å². The van der Waals surface area contributed by atoms with E-state index in [4.69, 9.17) is 18.0 Å². The van der Waals surface area contributed by atoms with Gasteiger partial charge in [0, 0.05) is 21.3 Å². The zero-order valence-electron chi connectivity index (χ0n) is 7.49. The Morgan fingerprint density at radius 3 is 2.00 bits per heavy atom. The number of rotatable bonds is 6. The summed E-state index contributed by atoms with van der Waals surface area (Å²) < 4.78 is 20.2. The number of hydrogen-bond donors (Lipinski definition) is 0. The molecule has 0 aliphatic rings. The second kappa shape index (κ2) is 6.75. The molecule has 0 aromatic rings. The molecule has 1 atom stereocenters. The van der Waals surface area contributed by atoms with E-state index in [1.54, 1.807) is 21.3 Å². The van der Waals surface area contributed by atoms with E-state index in [9.17, 15) is 0 Å². The van der Waals surface area contributed by atoms with E-state index in [2.05, 4.69) is 0 Å². The van der Waals surface area contributed by atoms with E-state index in [0.29, 0.717) is 0 Å². The zero-order valence-corrected chi connectivity index (χ0v) is 8.65. The normalized spacial score (nSPS) is 13.9. The van der Waals surface area contributed by atoms with Gasteiger partial charge in [0.1, 0.15) is 0 Å². The molecule has 0 bridgehead atoms. The van der Waals surface area contributed by atoms with E-state index in [1.165, 1.54) is 0 Å². The molecular formula is C6H16O4Si. The van der Waals surface area contributed by atoms with Crippen molar-refractivity contribution in [3.63, 3.8) is 0 Å². The lowest BCUT2D eigenvalue weighted by Crippen LogP contribution is -2.30. The highest BCUT2D eigenvalue weighted by Gasteiger charge is 2.16. The third-order valence-corrected chi connectivity index (χ3v) is 2.54. The maximum atomic E-state index is 5.32. The summed E-state index contributed by atoms with van der Waals surface area (Å²) in [5, 5.41) is 0. The molecule has 0 radical (unpaired) electrons. The van der Waals surface area contributed by atoms with E-state index in [-0.39, 0.29) is 6.29 Å². The van der Waals surface area contributed by atoms with Crippen molar-refractivity contribution in [1.82, 2.24) is 0 Å². The van der Waals surface area contributed by atoms with Crippen molar-refractivity contribution in [2.45, 2.75) is 19.6 Å². The highest BCUT2D eigenvalue weighted by molar-refractivity contribution is 6.36. The van der Waals surface area contributed by atoms with Crippen LogP contribution in [0.15, 0.2) is 0 Å². The minimum Gasteiger partial charge on any atom is -0.379 e. The van der Waals surface area contributed by atoms with Crippen LogP contribution in [0.3, 0.4) is 0 Å². The van der Waals surface area contributed by atoms with Gasteiger partial charge in [0.05, 0.1) is 0 Å². The molecule has 0 fully saturated rings. The van der Waals surface area contributed by atoms with E-state index in [1.807, 2.05) is 6.92 Å². The van der Waals surface area contributed by atoms with Gasteiger partial charge in [-0.15, -0.1) is 0 Å². The van der Waals surface area contributed by atoms with Crippen molar-refractivity contribution < 1.29 is 18.0 Å². The molecule has 5 heteroatoms. The molecule has 0 rings (SSSR count). The fourth-order valence-electron chi connectivity index (χ4n) is 0.650. The highest BCUT2D eigenvalue weighted by Crippen LogP contribution is 2.01. The summed E-state index contributed by atoms with van der Waals surface area (Å²) in [7, 11) is 2.84. The van der Waals surface area contributed by atoms with Crippen LogP contribution in [0.2, 0.25) is 0 Å². The first-order valence-corrected chi connectivity index (χ1v) is 4.93. The monoisotopic (exact) mass is 180 g/mol. The second-order valence-electron chi connectivity index (χ2n) is 1.97. The summed E-state index contributed by atoms with van der Waals surface area (Å²) in [6, 6.07) is 0. The SMILES string of the molecule is CCC(OC)O[SiH](OC)OC. The lowest BCUT2D eigenvalue weighted by atomic mass is 10.5. The van der Waals surface area contributed by atoms with Crippen LogP contribution < -0.4 is 0 Å². The van der Waals surface area contributed by atoms with Gasteiger partial charge in [-0.05, 0) is 6.42 Å². The molecular weight excluding hydrogens is 164 g/mol. The van der Waals surface area contributed by atoms with E-state index in [0.717, 1.165) is 6.42 Å². The standard InChI is InChI=1S/C6H16O4Si/c1-5-6(7-2)10-11(8-3)9-4/h6,11H,5H2,1-4H3. The lowest BCUT2D eigenvalue weighted by molar-refractivity contribution is -0.0846. The van der Waals surface area contributed by atoms with E-state index < -0.39 is 9.53 Å². The Morgan fingerprint density at radius 1 is 1.18 bits per heavy atom. The average Bonchev–Trinajstić information content (AvgIpc) is 2.07. The highest BCUT2D eigenvalue weighted by atomic mass is 28.3. The summed E-state index contributed by atoms with van der Waals surface area (Å²) in [5.74, 6) is 0. The quantitative estimate of drug-likeness (QED) is 0.438. The van der Waals surface area contributed by atoms with Crippen molar-refractivity contribution >= 4 is 9.53 Å². The minimum atomic E-state index is -1.91. The van der Waals surface area contributed by atoms with Crippen LogP contribution in [-0.4, -0.2) is 37.1 Å². The number of hydrogen-bond acceptors (Lipinski definition) is 4. The van der Waals surface area contributed by atoms with Gasteiger partial charge in [-0.3, -0.25) is 0 Å². The molecule has 0 saturated heterocycles. The predicted octanol–water partition coefficient (Wildman–Crippen LogP) is 0.396. The van der Waals surface area contributed by atoms with Gasteiger partial charge in [-0.25, -0.2) is 0 Å². The number of ether oxygens (including phenoxy) is 1. The van der Waals surface area contributed by atoms with Crippen LogP contribution in [-0.2, 0) is 18.0 Å². The summed E-state index contributed by atoms with van der Waals surface area (Å²) in [6.45, 7) is 1.98. The van der Waals surface area contributed by atoms with Gasteiger partial charge in [-0.2, -0.15) is 0 Å². The summed E-state index contributed by atoms with van der Waals surface area (Å²) >= 11 is 0. The van der Waals surface area contributed by atoms with Gasteiger partial charge in [0.15, 0.2) is 6.29 Å². The maximum Gasteiger partial charge on any atom is 0.485 e. The van der Waals surface area contributed by atoms with Crippen LogP contribution in [0.5, 0.6) is 0 Å². The molecule has 0 heterocycles. The largest absolute Gasteiger partial charge is 0.485 e. The Bertz CT molecular complexity index is 72.7. The fraction of sp³-hybridized carbons (Fsp3) is 1.00. The Morgan fingerprint density at radius 2 is 1.73 bits per heavy atom. The summed E-state index contributed by atoms with van der Waals surface area (Å²) in [5.41, 5.74) is 0. The molecule has 0 amide bonds. The molecule has 4 nitrogen and oxygen atoms in total. The van der Waals surface area contributed by atoms with Gasteiger partial charge < -0.3 is 18.0 Å². The van der Waals surface area contributed by atoms with Crippen LogP contribution in [0.4, 0.5) is 0 Å². The van der Waals surface area contributed by atoms with Crippen LogP contribution in [0.25, 0.3) is 0 Å². The fourth-order valence-corrected chi connectivity index (χ4v) is 1.62. The maximum absolute atomic E-state index is 5.32. The first kappa shape index (κ1) is 11.1. The molecule has 0 spiro atoms. The topological polar surface area (TPSA) is 36.9 Å². The molecule has 0 aliphatic heterocycles. The van der Waals surface area contributed by atoms with Crippen molar-refractivity contribution in [3.8, 4) is 0 Å². The third kappa shape index (κ3) is 4.49. The van der Waals surface area contributed by atoms with Gasteiger partial charge >= 0.3 is 9.53 Å². The van der Waals surface area contributed by atoms with Gasteiger partial charge in [0.25, 0.3) is 0 Å². The molecule has 68 valence electrons. The van der Waals surface area contributed by atoms with Crippen LogP contribution in [0.1, 0.15) is 13.3 Å². The first-order valence-electron chi connectivity index (χ1n) is 3.52. The van der Waals surface area contributed by atoms with Gasteiger partial charge in [0.2, 0.25) is 0 Å². The molecule has 0 aromatic carbocycles. The molecule has 11 heavy (non-hydrogen) atoms.